The first-order chi connectivity index (χ1) is 19.4. The van der Waals surface area contributed by atoms with Crippen LogP contribution in [0.5, 0.6) is 0 Å². The van der Waals surface area contributed by atoms with Crippen LogP contribution in [-0.2, 0) is 52.4 Å². The highest BCUT2D eigenvalue weighted by Gasteiger charge is 2.80. The van der Waals surface area contributed by atoms with Crippen LogP contribution in [0, 0.1) is 17.3 Å². The van der Waals surface area contributed by atoms with E-state index in [4.69, 9.17) is 40.0 Å². The fourth-order valence-corrected chi connectivity index (χ4v) is 7.17. The van der Waals surface area contributed by atoms with Gasteiger partial charge in [0.1, 0.15) is 23.9 Å². The number of fused-ring (bicyclic) bond motifs is 3. The lowest BCUT2D eigenvalue weighted by Crippen LogP contribution is -2.76. The van der Waals surface area contributed by atoms with Crippen molar-refractivity contribution in [2.24, 2.45) is 17.3 Å². The molecule has 4 aliphatic rings. The predicted molar refractivity (Wildman–Crippen MR) is 140 cm³/mol. The molecule has 13 nitrogen and oxygen atoms in total. The van der Waals surface area contributed by atoms with Gasteiger partial charge in [-0.25, -0.2) is 0 Å². The number of aliphatic hydroxyl groups is 2. The van der Waals surface area contributed by atoms with Gasteiger partial charge in [0.25, 0.3) is 0 Å². The largest absolute Gasteiger partial charge is 0.459 e. The smallest absolute Gasteiger partial charge is 0.312 e. The van der Waals surface area contributed by atoms with Gasteiger partial charge in [-0.3, -0.25) is 24.0 Å². The lowest BCUT2D eigenvalue weighted by atomic mass is 9.51. The Bertz CT molecular complexity index is 1230. The number of aliphatic hydroxyl groups excluding tert-OH is 1. The highest BCUT2D eigenvalue weighted by atomic mass is 35.5. The summed E-state index contributed by atoms with van der Waals surface area (Å²) in [6.07, 6.45) is -6.67. The first-order valence-electron chi connectivity index (χ1n) is 13.4. The molecule has 4 rings (SSSR count). The fraction of sp³-hybridized carbons (Fsp3) is 0.679. The molecule has 0 radical (unpaired) electrons. The fourth-order valence-electron chi connectivity index (χ4n) is 6.85. The van der Waals surface area contributed by atoms with Crippen LogP contribution >= 0.6 is 11.6 Å². The molecule has 2 saturated heterocycles. The van der Waals surface area contributed by atoms with Gasteiger partial charge in [-0.1, -0.05) is 19.6 Å². The number of epoxide rings is 1. The van der Waals surface area contributed by atoms with Crippen molar-refractivity contribution in [3.05, 3.63) is 24.3 Å². The molecule has 0 aromatic heterocycles. The quantitative estimate of drug-likeness (QED) is 0.193. The van der Waals surface area contributed by atoms with E-state index in [1.165, 1.54) is 26.0 Å². The Hall–Kier alpha value is -3.00. The molecule has 0 unspecified atom stereocenters. The summed E-state index contributed by atoms with van der Waals surface area (Å²) >= 11 is 6.71. The van der Waals surface area contributed by atoms with Gasteiger partial charge in [-0.05, 0) is 18.6 Å². The maximum atomic E-state index is 13.0. The number of ether oxygens (including phenoxy) is 6. The van der Waals surface area contributed by atoms with Crippen molar-refractivity contribution in [2.75, 3.05) is 6.61 Å². The number of carbonyl (C=O) groups is 5. The third-order valence-electron chi connectivity index (χ3n) is 8.80. The predicted octanol–water partition coefficient (Wildman–Crippen LogP) is 0.505. The number of hydrogen-bond donors (Lipinski definition) is 2. The summed E-state index contributed by atoms with van der Waals surface area (Å²) in [7, 11) is 0. The molecule has 2 N–H and O–H groups in total. The molecule has 2 aliphatic heterocycles. The average Bonchev–Trinajstić information content (AvgIpc) is 3.64. The van der Waals surface area contributed by atoms with Gasteiger partial charge in [0.15, 0.2) is 23.9 Å². The molecule has 0 aromatic carbocycles. The number of carbonyl (C=O) groups excluding carboxylic acids is 5. The number of rotatable bonds is 4. The third-order valence-corrected chi connectivity index (χ3v) is 9.31. The van der Waals surface area contributed by atoms with E-state index < -0.39 is 100 Å². The van der Waals surface area contributed by atoms with Gasteiger partial charge in [-0.15, -0.1) is 11.6 Å². The molecule has 3 fully saturated rings. The van der Waals surface area contributed by atoms with Gasteiger partial charge < -0.3 is 38.6 Å². The maximum absolute atomic E-state index is 13.0. The Morgan fingerprint density at radius 1 is 1.00 bits per heavy atom. The van der Waals surface area contributed by atoms with Crippen molar-refractivity contribution in [3.63, 3.8) is 0 Å². The summed E-state index contributed by atoms with van der Waals surface area (Å²) < 4.78 is 34.2. The molecule has 1 spiro atoms. The van der Waals surface area contributed by atoms with Crippen molar-refractivity contribution in [3.8, 4) is 0 Å². The van der Waals surface area contributed by atoms with Crippen LogP contribution in [-0.4, -0.2) is 99.9 Å². The van der Waals surface area contributed by atoms with Crippen LogP contribution in [0.25, 0.3) is 0 Å². The van der Waals surface area contributed by atoms with Crippen molar-refractivity contribution >= 4 is 41.4 Å². The number of hydrogen-bond acceptors (Lipinski definition) is 13. The van der Waals surface area contributed by atoms with E-state index in [9.17, 15) is 34.2 Å². The molecule has 0 amide bonds. The van der Waals surface area contributed by atoms with E-state index >= 15 is 0 Å². The second-order valence-corrected chi connectivity index (χ2v) is 12.0. The normalized spacial score (nSPS) is 45.0. The average molecular weight is 615 g/mol. The van der Waals surface area contributed by atoms with Crippen LogP contribution in [0.2, 0.25) is 0 Å². The standard InChI is InChI=1S/C28H35ClO13/c1-11-8-9-17(38-13(3)30)26(7)20(24(41-16(6)33)28(36)12(2)25(35)42-22(28)18(11)29)27(10-37-27)21(34)19(39-14(4)31)23(26)40-15(5)32/h8-9,12,17-24,34,36H,1,10H2,2-7H3/b9-8-/t12-,17-,18-,19-,20+,21+,22-,23+,24-,26+,27-,28-/m0/s1. The second kappa shape index (κ2) is 10.9. The Morgan fingerprint density at radius 3 is 2.02 bits per heavy atom. The summed E-state index contributed by atoms with van der Waals surface area (Å²) in [5.74, 6) is -6.93. The van der Waals surface area contributed by atoms with Crippen LogP contribution in [0.15, 0.2) is 24.3 Å². The summed E-state index contributed by atoms with van der Waals surface area (Å²) in [5, 5.41) is 23.0. The number of allylic oxidation sites excluding steroid dienone is 1. The van der Waals surface area contributed by atoms with Crippen molar-refractivity contribution in [1.29, 1.82) is 0 Å². The minimum absolute atomic E-state index is 0.136. The maximum Gasteiger partial charge on any atom is 0.312 e. The first-order valence-corrected chi connectivity index (χ1v) is 13.8. The van der Waals surface area contributed by atoms with Gasteiger partial charge in [0.05, 0.1) is 23.3 Å². The van der Waals surface area contributed by atoms with Gasteiger partial charge in [0, 0.05) is 33.6 Å². The van der Waals surface area contributed by atoms with E-state index in [2.05, 4.69) is 6.58 Å². The SMILES string of the molecule is C=C1/C=C\[C@H](OC(C)=O)[C@@]2(C)[C@H](OC(C)=O)[C@@H](OC(C)=O)[C@@H](O)[C@]3(CO3)[C@@H]2[C@H](OC(C)=O)[C@]2(O)[C@@H](C)C(=O)O[C@H]2[C@H]1Cl. The molecule has 0 bridgehead atoms. The Balaban J connectivity index is 2.13. The van der Waals surface area contributed by atoms with Crippen molar-refractivity contribution < 1.29 is 62.6 Å². The highest BCUT2D eigenvalue weighted by Crippen LogP contribution is 2.62. The van der Waals surface area contributed by atoms with E-state index in [0.29, 0.717) is 0 Å². The molecule has 1 saturated carbocycles. The molecule has 2 aliphatic carbocycles. The molecule has 42 heavy (non-hydrogen) atoms. The zero-order chi connectivity index (χ0) is 31.5. The summed E-state index contributed by atoms with van der Waals surface area (Å²) in [6, 6.07) is 0. The topological polar surface area (TPSA) is 184 Å². The molecule has 0 aromatic rings. The lowest BCUT2D eigenvalue weighted by Gasteiger charge is -2.59. The Morgan fingerprint density at radius 2 is 1.52 bits per heavy atom. The molecule has 14 heteroatoms. The van der Waals surface area contributed by atoms with E-state index in [0.717, 1.165) is 27.7 Å². The number of alkyl halides is 1. The summed E-state index contributed by atoms with van der Waals surface area (Å²) in [6.45, 7) is 11.0. The van der Waals surface area contributed by atoms with Crippen LogP contribution in [0.4, 0.5) is 0 Å². The zero-order valence-electron chi connectivity index (χ0n) is 24.0. The Labute approximate surface area is 247 Å². The molecule has 232 valence electrons. The minimum Gasteiger partial charge on any atom is -0.459 e. The van der Waals surface area contributed by atoms with Crippen molar-refractivity contribution in [1.82, 2.24) is 0 Å². The summed E-state index contributed by atoms with van der Waals surface area (Å²) in [4.78, 5) is 62.9. The van der Waals surface area contributed by atoms with Crippen LogP contribution in [0.3, 0.4) is 0 Å². The highest BCUT2D eigenvalue weighted by molar-refractivity contribution is 6.23. The van der Waals surface area contributed by atoms with Crippen LogP contribution in [0.1, 0.15) is 41.5 Å². The van der Waals surface area contributed by atoms with E-state index in [1.807, 2.05) is 0 Å². The van der Waals surface area contributed by atoms with Gasteiger partial charge >= 0.3 is 29.8 Å². The third kappa shape index (κ3) is 4.89. The van der Waals surface area contributed by atoms with E-state index in [1.54, 1.807) is 0 Å². The van der Waals surface area contributed by atoms with Gasteiger partial charge in [0.2, 0.25) is 0 Å². The number of halogens is 1. The van der Waals surface area contributed by atoms with Crippen molar-refractivity contribution in [2.45, 2.75) is 94.7 Å². The molecule has 2 heterocycles. The molecular weight excluding hydrogens is 580 g/mol. The first kappa shape index (κ1) is 31.9. The Kier molecular flexibility index (Phi) is 8.31. The van der Waals surface area contributed by atoms with E-state index in [-0.39, 0.29) is 12.2 Å². The minimum atomic E-state index is -2.37. The second-order valence-electron chi connectivity index (χ2n) is 11.5. The number of esters is 5. The van der Waals surface area contributed by atoms with Crippen LogP contribution < -0.4 is 0 Å². The monoisotopic (exact) mass is 614 g/mol. The summed E-state index contributed by atoms with van der Waals surface area (Å²) in [5.41, 5.74) is -5.74. The molecule has 12 atom stereocenters. The lowest BCUT2D eigenvalue weighted by molar-refractivity contribution is -0.278. The zero-order valence-corrected chi connectivity index (χ0v) is 24.8. The molecular formula is C28H35ClO13. The van der Waals surface area contributed by atoms with Gasteiger partial charge in [-0.2, -0.15) is 0 Å².